The zero-order valence-electron chi connectivity index (χ0n) is 13.8. The number of anilines is 1. The number of nitrogens with zero attached hydrogens (tertiary/aromatic N) is 2. The minimum absolute atomic E-state index is 0.168. The van der Waals surface area contributed by atoms with Crippen LogP contribution in [-0.4, -0.2) is 35.1 Å². The fourth-order valence-corrected chi connectivity index (χ4v) is 2.09. The van der Waals surface area contributed by atoms with E-state index in [2.05, 4.69) is 10.4 Å². The molecule has 0 aliphatic heterocycles. The number of hydrogen-bond donors (Lipinski definition) is 1. The summed E-state index contributed by atoms with van der Waals surface area (Å²) >= 11 is 0. The Morgan fingerprint density at radius 1 is 1.20 bits per heavy atom. The molecule has 0 aliphatic rings. The molecular weight excluding hydrogens is 339 g/mol. The number of carbonyl (C=O) groups excluding carboxylic acids is 1. The predicted molar refractivity (Wildman–Crippen MR) is 85.0 cm³/mol. The first-order valence-corrected chi connectivity index (χ1v) is 7.62. The third kappa shape index (κ3) is 5.40. The molecule has 1 aromatic heterocycles. The van der Waals surface area contributed by atoms with Gasteiger partial charge in [0, 0.05) is 11.8 Å². The second-order valence-corrected chi connectivity index (χ2v) is 5.02. The molecular formula is C16H18F3N3O3. The maximum Gasteiger partial charge on any atom is 0.408 e. The van der Waals surface area contributed by atoms with Crippen LogP contribution in [0.15, 0.2) is 30.6 Å². The fraction of sp³-hybridized carbons (Fsp3) is 0.375. The fourth-order valence-electron chi connectivity index (χ4n) is 2.09. The monoisotopic (exact) mass is 357 g/mol. The molecule has 2 rings (SSSR count). The normalized spacial score (nSPS) is 11.2. The molecule has 1 heterocycles. The molecule has 6 nitrogen and oxygen atoms in total. The first-order valence-electron chi connectivity index (χ1n) is 7.62. The van der Waals surface area contributed by atoms with E-state index >= 15 is 0 Å². The van der Waals surface area contributed by atoms with Gasteiger partial charge in [0.05, 0.1) is 25.1 Å². The molecule has 0 atom stereocenters. The van der Waals surface area contributed by atoms with Gasteiger partial charge < -0.3 is 14.8 Å². The van der Waals surface area contributed by atoms with Gasteiger partial charge in [-0.1, -0.05) is 0 Å². The molecule has 0 saturated carbocycles. The SMILES string of the molecule is CCOc1ccc(C(=O)Nc2cnn(CC(F)(F)F)c2)cc1OCC. The third-order valence-corrected chi connectivity index (χ3v) is 3.04. The molecule has 0 bridgehead atoms. The Labute approximate surface area is 142 Å². The molecule has 1 aromatic carbocycles. The Morgan fingerprint density at radius 2 is 1.88 bits per heavy atom. The van der Waals surface area contributed by atoms with Gasteiger partial charge in [0.1, 0.15) is 6.54 Å². The van der Waals surface area contributed by atoms with Crippen LogP contribution in [0.2, 0.25) is 0 Å². The number of hydrogen-bond acceptors (Lipinski definition) is 4. The maximum atomic E-state index is 12.3. The molecule has 9 heteroatoms. The lowest BCUT2D eigenvalue weighted by Crippen LogP contribution is -2.18. The van der Waals surface area contributed by atoms with E-state index in [-0.39, 0.29) is 11.3 Å². The largest absolute Gasteiger partial charge is 0.490 e. The van der Waals surface area contributed by atoms with Crippen LogP contribution in [0, 0.1) is 0 Å². The van der Waals surface area contributed by atoms with Gasteiger partial charge in [-0.2, -0.15) is 18.3 Å². The number of nitrogens with one attached hydrogen (secondary N) is 1. The third-order valence-electron chi connectivity index (χ3n) is 3.04. The van der Waals surface area contributed by atoms with Crippen LogP contribution >= 0.6 is 0 Å². The van der Waals surface area contributed by atoms with Crippen LogP contribution in [0.25, 0.3) is 0 Å². The average Bonchev–Trinajstić information content (AvgIpc) is 2.94. The molecule has 0 spiro atoms. The van der Waals surface area contributed by atoms with Gasteiger partial charge >= 0.3 is 6.18 Å². The summed E-state index contributed by atoms with van der Waals surface area (Å²) in [6, 6.07) is 4.67. The van der Waals surface area contributed by atoms with E-state index in [1.165, 1.54) is 6.07 Å². The molecule has 0 saturated heterocycles. The van der Waals surface area contributed by atoms with Crippen molar-refractivity contribution in [1.82, 2.24) is 9.78 Å². The second kappa shape index (κ2) is 7.91. The van der Waals surface area contributed by atoms with Crippen LogP contribution < -0.4 is 14.8 Å². The van der Waals surface area contributed by atoms with E-state index in [9.17, 15) is 18.0 Å². The lowest BCUT2D eigenvalue weighted by Gasteiger charge is -2.12. The van der Waals surface area contributed by atoms with Gasteiger partial charge in [0.15, 0.2) is 11.5 Å². The van der Waals surface area contributed by atoms with Crippen molar-refractivity contribution in [2.75, 3.05) is 18.5 Å². The van der Waals surface area contributed by atoms with Crippen LogP contribution in [-0.2, 0) is 6.54 Å². The van der Waals surface area contributed by atoms with Crippen LogP contribution in [0.5, 0.6) is 11.5 Å². The Kier molecular flexibility index (Phi) is 5.89. The first kappa shape index (κ1) is 18.6. The molecule has 1 N–H and O–H groups in total. The number of benzene rings is 1. The van der Waals surface area contributed by atoms with Crippen molar-refractivity contribution >= 4 is 11.6 Å². The number of carbonyl (C=O) groups is 1. The van der Waals surface area contributed by atoms with Gasteiger partial charge in [0.2, 0.25) is 0 Å². The minimum atomic E-state index is -4.38. The van der Waals surface area contributed by atoms with E-state index in [1.807, 2.05) is 6.92 Å². The zero-order chi connectivity index (χ0) is 18.4. The Balaban J connectivity index is 2.11. The summed E-state index contributed by atoms with van der Waals surface area (Å²) in [5, 5.41) is 6.07. The highest BCUT2D eigenvalue weighted by Crippen LogP contribution is 2.29. The summed E-state index contributed by atoms with van der Waals surface area (Å²) in [6.45, 7) is 3.26. The van der Waals surface area contributed by atoms with Crippen molar-refractivity contribution in [2.24, 2.45) is 0 Å². The molecule has 0 radical (unpaired) electrons. The van der Waals surface area contributed by atoms with E-state index in [0.717, 1.165) is 12.4 Å². The summed E-state index contributed by atoms with van der Waals surface area (Å²) in [6.07, 6.45) is -2.11. The number of rotatable bonds is 7. The molecule has 0 unspecified atom stereocenters. The molecule has 2 aromatic rings. The van der Waals surface area contributed by atoms with Crippen molar-refractivity contribution < 1.29 is 27.4 Å². The smallest absolute Gasteiger partial charge is 0.408 e. The van der Waals surface area contributed by atoms with Gasteiger partial charge in [-0.3, -0.25) is 9.48 Å². The number of ether oxygens (including phenoxy) is 2. The quantitative estimate of drug-likeness (QED) is 0.824. The number of aromatic nitrogens is 2. The summed E-state index contributed by atoms with van der Waals surface area (Å²) in [5.41, 5.74) is 0.455. The molecule has 25 heavy (non-hydrogen) atoms. The lowest BCUT2D eigenvalue weighted by molar-refractivity contribution is -0.142. The number of amides is 1. The van der Waals surface area contributed by atoms with E-state index in [4.69, 9.17) is 9.47 Å². The average molecular weight is 357 g/mol. The highest BCUT2D eigenvalue weighted by molar-refractivity contribution is 6.04. The molecule has 0 fully saturated rings. The van der Waals surface area contributed by atoms with Crippen molar-refractivity contribution in [2.45, 2.75) is 26.6 Å². The molecule has 0 aliphatic carbocycles. The summed E-state index contributed by atoms with van der Waals surface area (Å²) in [5.74, 6) is 0.444. The van der Waals surface area contributed by atoms with Gasteiger partial charge in [-0.05, 0) is 32.0 Å². The van der Waals surface area contributed by atoms with Crippen LogP contribution in [0.3, 0.4) is 0 Å². The predicted octanol–water partition coefficient (Wildman–Crippen LogP) is 3.50. The van der Waals surface area contributed by atoms with Crippen molar-refractivity contribution in [1.29, 1.82) is 0 Å². The van der Waals surface area contributed by atoms with E-state index in [1.54, 1.807) is 19.1 Å². The minimum Gasteiger partial charge on any atom is -0.490 e. The van der Waals surface area contributed by atoms with Crippen molar-refractivity contribution in [3.63, 3.8) is 0 Å². The highest BCUT2D eigenvalue weighted by Gasteiger charge is 2.28. The standard InChI is InChI=1S/C16H18F3N3O3/c1-3-24-13-6-5-11(7-14(13)25-4-2)15(23)21-12-8-20-22(9-12)10-16(17,18)19/h5-9H,3-4,10H2,1-2H3,(H,21,23). The topological polar surface area (TPSA) is 65.4 Å². The van der Waals surface area contributed by atoms with Crippen molar-refractivity contribution in [3.8, 4) is 11.5 Å². The summed E-state index contributed by atoms with van der Waals surface area (Å²) in [7, 11) is 0. The Bertz CT molecular complexity index is 729. The van der Waals surface area contributed by atoms with Crippen LogP contribution in [0.1, 0.15) is 24.2 Å². The second-order valence-electron chi connectivity index (χ2n) is 5.02. The van der Waals surface area contributed by atoms with Gasteiger partial charge in [0.25, 0.3) is 5.91 Å². The maximum absolute atomic E-state index is 12.3. The highest BCUT2D eigenvalue weighted by atomic mass is 19.4. The Hall–Kier alpha value is -2.71. The zero-order valence-corrected chi connectivity index (χ0v) is 13.8. The van der Waals surface area contributed by atoms with E-state index in [0.29, 0.717) is 29.4 Å². The van der Waals surface area contributed by atoms with Gasteiger partial charge in [-0.25, -0.2) is 0 Å². The van der Waals surface area contributed by atoms with Crippen molar-refractivity contribution in [3.05, 3.63) is 36.2 Å². The molecule has 1 amide bonds. The molecule has 136 valence electrons. The summed E-state index contributed by atoms with van der Waals surface area (Å²) in [4.78, 5) is 12.3. The number of halogens is 3. The van der Waals surface area contributed by atoms with Gasteiger partial charge in [-0.15, -0.1) is 0 Å². The number of alkyl halides is 3. The first-order chi connectivity index (χ1) is 11.8. The summed E-state index contributed by atoms with van der Waals surface area (Å²) < 4.78 is 48.5. The van der Waals surface area contributed by atoms with Crippen LogP contribution in [0.4, 0.5) is 18.9 Å². The van der Waals surface area contributed by atoms with E-state index < -0.39 is 18.6 Å². The lowest BCUT2D eigenvalue weighted by atomic mass is 10.2. The Morgan fingerprint density at radius 3 is 2.52 bits per heavy atom.